The van der Waals surface area contributed by atoms with Gasteiger partial charge in [-0.15, -0.1) is 0 Å². The molecule has 3 rings (SSSR count). The Labute approximate surface area is 141 Å². The molecule has 0 saturated carbocycles. The average Bonchev–Trinajstić information content (AvgIpc) is 3.02. The minimum Gasteiger partial charge on any atom is -0.360 e. The van der Waals surface area contributed by atoms with Crippen LogP contribution in [-0.4, -0.2) is 23.1 Å². The number of rotatable bonds is 6. The summed E-state index contributed by atoms with van der Waals surface area (Å²) in [6.07, 6.45) is 4.37. The number of piperidine rings is 1. The summed E-state index contributed by atoms with van der Waals surface area (Å²) in [5, 5.41) is 4.03. The molecule has 0 spiro atoms. The van der Waals surface area contributed by atoms with E-state index in [0.29, 0.717) is 12.3 Å². The first-order valence-corrected chi connectivity index (χ1v) is 8.75. The van der Waals surface area contributed by atoms with Crippen LogP contribution >= 0.6 is 0 Å². The fraction of sp³-hybridized carbons (Fsp3) is 0.526. The number of aromatic nitrogens is 1. The van der Waals surface area contributed by atoms with Gasteiger partial charge in [0.2, 0.25) is 0 Å². The monoisotopic (exact) mass is 334 g/mol. The van der Waals surface area contributed by atoms with Crippen molar-refractivity contribution in [1.29, 1.82) is 0 Å². The van der Waals surface area contributed by atoms with Gasteiger partial charge in [0.1, 0.15) is 11.6 Å². The van der Waals surface area contributed by atoms with Crippen LogP contribution in [0.3, 0.4) is 0 Å². The van der Waals surface area contributed by atoms with Crippen LogP contribution in [-0.2, 0) is 19.4 Å². The van der Waals surface area contributed by atoms with Crippen molar-refractivity contribution in [3.63, 3.8) is 0 Å². The van der Waals surface area contributed by atoms with Gasteiger partial charge < -0.3 is 4.52 Å². The molecule has 0 N–H and O–H groups in total. The maximum absolute atomic E-state index is 13.7. The van der Waals surface area contributed by atoms with Gasteiger partial charge in [-0.2, -0.15) is 0 Å². The largest absolute Gasteiger partial charge is 0.360 e. The molecule has 0 aliphatic carbocycles. The van der Waals surface area contributed by atoms with Crippen molar-refractivity contribution in [2.24, 2.45) is 5.92 Å². The molecule has 130 valence electrons. The highest BCUT2D eigenvalue weighted by molar-refractivity contribution is 5.19. The molecule has 1 aromatic carbocycles. The molecule has 1 aliphatic rings. The first-order valence-electron chi connectivity index (χ1n) is 8.75. The van der Waals surface area contributed by atoms with E-state index in [2.05, 4.69) is 17.0 Å². The highest BCUT2D eigenvalue weighted by atomic mass is 19.1. The summed E-state index contributed by atoms with van der Waals surface area (Å²) in [5.41, 5.74) is 1.20. The fourth-order valence-electron chi connectivity index (χ4n) is 3.47. The third kappa shape index (κ3) is 4.20. The molecule has 0 radical (unpaired) electrons. The normalized spacial score (nSPS) is 18.9. The lowest BCUT2D eigenvalue weighted by Gasteiger charge is -2.32. The van der Waals surface area contributed by atoms with Crippen LogP contribution < -0.4 is 0 Å². The SMILES string of the molecule is CCc1cc(CN2CCC[C@@H](CCc3c(F)cccc3F)C2)on1. The predicted octanol–water partition coefficient (Wildman–Crippen LogP) is 4.36. The average molecular weight is 334 g/mol. The molecule has 24 heavy (non-hydrogen) atoms. The van der Waals surface area contributed by atoms with E-state index in [0.717, 1.165) is 56.8 Å². The van der Waals surface area contributed by atoms with Crippen LogP contribution in [0.25, 0.3) is 0 Å². The molecule has 1 atom stereocenters. The first kappa shape index (κ1) is 17.1. The number of nitrogens with zero attached hydrogens (tertiary/aromatic N) is 2. The van der Waals surface area contributed by atoms with Gasteiger partial charge in [-0.25, -0.2) is 8.78 Å². The van der Waals surface area contributed by atoms with E-state index in [1.807, 2.05) is 6.07 Å². The summed E-state index contributed by atoms with van der Waals surface area (Å²) in [6, 6.07) is 6.10. The first-order chi connectivity index (χ1) is 11.7. The zero-order valence-corrected chi connectivity index (χ0v) is 14.1. The van der Waals surface area contributed by atoms with Gasteiger partial charge in [-0.1, -0.05) is 18.1 Å². The van der Waals surface area contributed by atoms with E-state index >= 15 is 0 Å². The van der Waals surface area contributed by atoms with Crippen molar-refractivity contribution in [3.8, 4) is 0 Å². The van der Waals surface area contributed by atoms with E-state index in [1.165, 1.54) is 18.2 Å². The van der Waals surface area contributed by atoms with Gasteiger partial charge in [-0.3, -0.25) is 4.90 Å². The number of aryl methyl sites for hydroxylation is 1. The highest BCUT2D eigenvalue weighted by Crippen LogP contribution is 2.24. The topological polar surface area (TPSA) is 29.3 Å². The van der Waals surface area contributed by atoms with Crippen LogP contribution in [0, 0.1) is 17.6 Å². The Balaban J connectivity index is 1.53. The van der Waals surface area contributed by atoms with Gasteiger partial charge >= 0.3 is 0 Å². The van der Waals surface area contributed by atoms with Crippen molar-refractivity contribution in [2.45, 2.75) is 45.6 Å². The van der Waals surface area contributed by atoms with Gasteiger partial charge in [0.15, 0.2) is 5.76 Å². The molecule has 2 aromatic rings. The van der Waals surface area contributed by atoms with Gasteiger partial charge in [0, 0.05) is 18.2 Å². The minimum atomic E-state index is -0.434. The van der Waals surface area contributed by atoms with Gasteiger partial charge in [0.05, 0.1) is 12.2 Å². The standard InChI is InChI=1S/C19H24F2N2O/c1-2-15-11-16(24-22-15)13-23-10-4-5-14(12-23)8-9-17-18(20)6-3-7-19(17)21/h3,6-7,11,14H,2,4-5,8-10,12-13H2,1H3/t14-/m0/s1. The number of hydrogen-bond donors (Lipinski definition) is 0. The molecule has 0 bridgehead atoms. The van der Waals surface area contributed by atoms with Crippen molar-refractivity contribution >= 4 is 0 Å². The highest BCUT2D eigenvalue weighted by Gasteiger charge is 2.22. The summed E-state index contributed by atoms with van der Waals surface area (Å²) < 4.78 is 32.8. The lowest BCUT2D eigenvalue weighted by atomic mass is 9.91. The molecule has 0 unspecified atom stereocenters. The van der Waals surface area contributed by atoms with Crippen molar-refractivity contribution in [2.75, 3.05) is 13.1 Å². The van der Waals surface area contributed by atoms with Gasteiger partial charge in [-0.05, 0) is 56.7 Å². The summed E-state index contributed by atoms with van der Waals surface area (Å²) in [4.78, 5) is 2.35. The smallest absolute Gasteiger partial charge is 0.150 e. The lowest BCUT2D eigenvalue weighted by Crippen LogP contribution is -2.35. The Kier molecular flexibility index (Phi) is 5.61. The second-order valence-corrected chi connectivity index (χ2v) is 6.62. The van der Waals surface area contributed by atoms with Crippen LogP contribution in [0.2, 0.25) is 0 Å². The zero-order chi connectivity index (χ0) is 16.9. The number of likely N-dealkylation sites (tertiary alicyclic amines) is 1. The molecule has 1 saturated heterocycles. The summed E-state index contributed by atoms with van der Waals surface area (Å²) >= 11 is 0. The molecule has 1 aliphatic heterocycles. The van der Waals surface area contributed by atoms with Crippen molar-refractivity contribution in [1.82, 2.24) is 10.1 Å². The molecule has 3 nitrogen and oxygen atoms in total. The Morgan fingerprint density at radius 1 is 1.29 bits per heavy atom. The predicted molar refractivity (Wildman–Crippen MR) is 88.6 cm³/mol. The zero-order valence-electron chi connectivity index (χ0n) is 14.1. The Morgan fingerprint density at radius 2 is 2.08 bits per heavy atom. The Morgan fingerprint density at radius 3 is 2.79 bits per heavy atom. The number of halogens is 2. The van der Waals surface area contributed by atoms with E-state index in [-0.39, 0.29) is 5.56 Å². The van der Waals surface area contributed by atoms with Crippen molar-refractivity contribution < 1.29 is 13.3 Å². The fourth-order valence-corrected chi connectivity index (χ4v) is 3.47. The molecule has 1 aromatic heterocycles. The third-order valence-corrected chi connectivity index (χ3v) is 4.82. The van der Waals surface area contributed by atoms with Crippen LogP contribution in [0.4, 0.5) is 8.78 Å². The van der Waals surface area contributed by atoms with E-state index in [4.69, 9.17) is 4.52 Å². The quantitative estimate of drug-likeness (QED) is 0.786. The van der Waals surface area contributed by atoms with E-state index < -0.39 is 11.6 Å². The summed E-state index contributed by atoms with van der Waals surface area (Å²) in [5.74, 6) is 0.492. The molecule has 1 fully saturated rings. The maximum Gasteiger partial charge on any atom is 0.150 e. The lowest BCUT2D eigenvalue weighted by molar-refractivity contribution is 0.147. The second-order valence-electron chi connectivity index (χ2n) is 6.62. The summed E-state index contributed by atoms with van der Waals surface area (Å²) in [7, 11) is 0. The molecule has 5 heteroatoms. The molecular formula is C19H24F2N2O. The Bertz CT molecular complexity index is 651. The van der Waals surface area contributed by atoms with Crippen molar-refractivity contribution in [3.05, 3.63) is 52.9 Å². The maximum atomic E-state index is 13.7. The minimum absolute atomic E-state index is 0.220. The summed E-state index contributed by atoms with van der Waals surface area (Å²) in [6.45, 7) is 4.79. The molecular weight excluding hydrogens is 310 g/mol. The van der Waals surface area contributed by atoms with Crippen LogP contribution in [0.5, 0.6) is 0 Å². The van der Waals surface area contributed by atoms with Gasteiger partial charge in [0.25, 0.3) is 0 Å². The second kappa shape index (κ2) is 7.88. The molecule has 2 heterocycles. The number of hydrogen-bond acceptors (Lipinski definition) is 3. The number of benzene rings is 1. The van der Waals surface area contributed by atoms with Crippen LogP contribution in [0.1, 0.15) is 43.2 Å². The Hall–Kier alpha value is -1.75. The van der Waals surface area contributed by atoms with E-state index in [1.54, 1.807) is 0 Å². The van der Waals surface area contributed by atoms with E-state index in [9.17, 15) is 8.78 Å². The van der Waals surface area contributed by atoms with Crippen LogP contribution in [0.15, 0.2) is 28.8 Å². The molecule has 0 amide bonds. The third-order valence-electron chi connectivity index (χ3n) is 4.82.